The van der Waals surface area contributed by atoms with Crippen molar-refractivity contribution in [3.63, 3.8) is 0 Å². The zero-order valence-corrected chi connectivity index (χ0v) is 15.6. The predicted molar refractivity (Wildman–Crippen MR) is 97.0 cm³/mol. The summed E-state index contributed by atoms with van der Waals surface area (Å²) in [6.07, 6.45) is -0.571. The second-order valence-electron chi connectivity index (χ2n) is 6.19. The minimum atomic E-state index is -1.01. The highest BCUT2D eigenvalue weighted by Gasteiger charge is 2.45. The summed E-state index contributed by atoms with van der Waals surface area (Å²) in [4.78, 5) is 50.1. The third-order valence-electron chi connectivity index (χ3n) is 4.43. The standard InChI is InChI=1S/C20H20N2O6/c1-3-27-16(28-4-2)11-8-12-6-5-7-13-17(12)20(26)22(19(13)25)14-9-10-15(23)21-18(14)24/h5-7,14,16H,3-4,9-10H2,1-2H3,(H,21,23,24). The molecule has 28 heavy (non-hydrogen) atoms. The summed E-state index contributed by atoms with van der Waals surface area (Å²) >= 11 is 0. The van der Waals surface area contributed by atoms with Crippen LogP contribution in [0.15, 0.2) is 18.2 Å². The Kier molecular flexibility index (Phi) is 5.87. The molecule has 1 aromatic carbocycles. The fourth-order valence-electron chi connectivity index (χ4n) is 3.19. The summed E-state index contributed by atoms with van der Waals surface area (Å²) < 4.78 is 10.7. The molecule has 0 aliphatic carbocycles. The lowest BCUT2D eigenvalue weighted by molar-refractivity contribution is -0.136. The van der Waals surface area contributed by atoms with Gasteiger partial charge >= 0.3 is 0 Å². The van der Waals surface area contributed by atoms with Crippen LogP contribution >= 0.6 is 0 Å². The lowest BCUT2D eigenvalue weighted by atomic mass is 10.0. The van der Waals surface area contributed by atoms with Crippen LogP contribution in [0.4, 0.5) is 0 Å². The monoisotopic (exact) mass is 384 g/mol. The molecule has 146 valence electrons. The molecule has 1 N–H and O–H groups in total. The lowest BCUT2D eigenvalue weighted by Crippen LogP contribution is -2.54. The first-order valence-electron chi connectivity index (χ1n) is 9.07. The van der Waals surface area contributed by atoms with E-state index in [1.165, 1.54) is 6.07 Å². The second-order valence-corrected chi connectivity index (χ2v) is 6.19. The van der Waals surface area contributed by atoms with Crippen molar-refractivity contribution in [1.82, 2.24) is 10.2 Å². The minimum Gasteiger partial charge on any atom is -0.342 e. The van der Waals surface area contributed by atoms with Crippen LogP contribution in [-0.2, 0) is 19.1 Å². The highest BCUT2D eigenvalue weighted by molar-refractivity contribution is 6.24. The molecule has 3 rings (SSSR count). The van der Waals surface area contributed by atoms with Crippen molar-refractivity contribution in [3.8, 4) is 11.8 Å². The highest BCUT2D eigenvalue weighted by atomic mass is 16.7. The number of ether oxygens (including phenoxy) is 2. The number of piperidine rings is 1. The molecule has 1 atom stereocenters. The molecule has 1 fully saturated rings. The van der Waals surface area contributed by atoms with Gasteiger partial charge in [-0.05, 0) is 38.3 Å². The molecule has 0 spiro atoms. The number of amides is 4. The van der Waals surface area contributed by atoms with E-state index in [0.29, 0.717) is 18.8 Å². The van der Waals surface area contributed by atoms with Gasteiger partial charge in [-0.15, -0.1) is 0 Å². The number of nitrogens with one attached hydrogen (secondary N) is 1. The number of fused-ring (bicyclic) bond motifs is 1. The van der Waals surface area contributed by atoms with Gasteiger partial charge in [-0.2, -0.15) is 0 Å². The molecule has 1 saturated heterocycles. The average molecular weight is 384 g/mol. The van der Waals surface area contributed by atoms with Crippen molar-refractivity contribution in [1.29, 1.82) is 0 Å². The van der Waals surface area contributed by atoms with Gasteiger partial charge in [0.05, 0.1) is 11.1 Å². The number of carbonyl (C=O) groups is 4. The maximum atomic E-state index is 13.0. The Balaban J connectivity index is 1.93. The molecule has 2 heterocycles. The van der Waals surface area contributed by atoms with Gasteiger partial charge in [-0.1, -0.05) is 12.0 Å². The van der Waals surface area contributed by atoms with E-state index in [1.807, 2.05) is 13.8 Å². The van der Waals surface area contributed by atoms with Crippen molar-refractivity contribution in [2.75, 3.05) is 13.2 Å². The third-order valence-corrected chi connectivity index (χ3v) is 4.43. The fraction of sp³-hybridized carbons (Fsp3) is 0.400. The van der Waals surface area contributed by atoms with Crippen LogP contribution < -0.4 is 5.32 Å². The Morgan fingerprint density at radius 1 is 1.14 bits per heavy atom. The van der Waals surface area contributed by atoms with Gasteiger partial charge in [0, 0.05) is 25.2 Å². The Hall–Kier alpha value is -3.02. The van der Waals surface area contributed by atoms with E-state index in [-0.39, 0.29) is 24.0 Å². The number of rotatable bonds is 5. The zero-order valence-electron chi connectivity index (χ0n) is 15.6. The second kappa shape index (κ2) is 8.33. The maximum absolute atomic E-state index is 13.0. The van der Waals surface area contributed by atoms with E-state index in [2.05, 4.69) is 17.2 Å². The molecule has 1 aromatic rings. The summed E-state index contributed by atoms with van der Waals surface area (Å²) in [5.74, 6) is 3.44. The number of hydrogen-bond donors (Lipinski definition) is 1. The SMILES string of the molecule is CCOC(C#Cc1cccc2c1C(=O)N(C1CCC(=O)NC1=O)C2=O)OCC. The molecule has 1 unspecified atom stereocenters. The van der Waals surface area contributed by atoms with Gasteiger partial charge in [-0.3, -0.25) is 29.4 Å². The van der Waals surface area contributed by atoms with Crippen LogP contribution in [-0.4, -0.2) is 54.1 Å². The summed E-state index contributed by atoms with van der Waals surface area (Å²) in [6.45, 7) is 4.45. The van der Waals surface area contributed by atoms with Gasteiger partial charge in [0.2, 0.25) is 18.1 Å². The molecule has 2 aliphatic heterocycles. The van der Waals surface area contributed by atoms with Crippen LogP contribution in [0.1, 0.15) is 53.0 Å². The van der Waals surface area contributed by atoms with Crippen LogP contribution in [0.5, 0.6) is 0 Å². The highest BCUT2D eigenvalue weighted by Crippen LogP contribution is 2.29. The van der Waals surface area contributed by atoms with E-state index in [1.54, 1.807) is 12.1 Å². The number of nitrogens with zero attached hydrogens (tertiary/aromatic N) is 1. The molecule has 8 heteroatoms. The van der Waals surface area contributed by atoms with Crippen LogP contribution in [0.2, 0.25) is 0 Å². The molecule has 4 amide bonds. The zero-order chi connectivity index (χ0) is 20.3. The number of hydrogen-bond acceptors (Lipinski definition) is 6. The summed E-state index contributed by atoms with van der Waals surface area (Å²) in [6, 6.07) is 3.76. The number of benzene rings is 1. The average Bonchev–Trinajstić information content (AvgIpc) is 2.92. The molecular weight excluding hydrogens is 364 g/mol. The summed E-state index contributed by atoms with van der Waals surface area (Å²) in [7, 11) is 0. The number of imide groups is 2. The van der Waals surface area contributed by atoms with Gasteiger partial charge in [0.1, 0.15) is 6.04 Å². The van der Waals surface area contributed by atoms with Crippen LogP contribution in [0.25, 0.3) is 0 Å². The molecule has 0 saturated carbocycles. The van der Waals surface area contributed by atoms with Crippen molar-refractivity contribution in [2.45, 2.75) is 39.0 Å². The van der Waals surface area contributed by atoms with E-state index in [0.717, 1.165) is 4.90 Å². The van der Waals surface area contributed by atoms with E-state index in [9.17, 15) is 19.2 Å². The van der Waals surface area contributed by atoms with E-state index >= 15 is 0 Å². The third kappa shape index (κ3) is 3.67. The first-order valence-corrected chi connectivity index (χ1v) is 9.07. The van der Waals surface area contributed by atoms with Crippen molar-refractivity contribution < 1.29 is 28.7 Å². The van der Waals surface area contributed by atoms with E-state index < -0.39 is 36.0 Å². The molecule has 0 aromatic heterocycles. The fourth-order valence-corrected chi connectivity index (χ4v) is 3.19. The van der Waals surface area contributed by atoms with Gasteiger partial charge in [0.25, 0.3) is 11.8 Å². The van der Waals surface area contributed by atoms with Gasteiger partial charge in [-0.25, -0.2) is 0 Å². The van der Waals surface area contributed by atoms with Crippen LogP contribution in [0.3, 0.4) is 0 Å². The Morgan fingerprint density at radius 3 is 2.50 bits per heavy atom. The van der Waals surface area contributed by atoms with Crippen LogP contribution in [0, 0.1) is 11.8 Å². The van der Waals surface area contributed by atoms with Gasteiger partial charge < -0.3 is 9.47 Å². The molecular formula is C20H20N2O6. The summed E-state index contributed by atoms with van der Waals surface area (Å²) in [5, 5.41) is 2.17. The van der Waals surface area contributed by atoms with Crippen molar-refractivity contribution >= 4 is 23.6 Å². The topological polar surface area (TPSA) is 102 Å². The normalized spacial score (nSPS) is 18.8. The molecule has 0 radical (unpaired) electrons. The van der Waals surface area contributed by atoms with Crippen molar-refractivity contribution in [3.05, 3.63) is 34.9 Å². The maximum Gasteiger partial charge on any atom is 0.263 e. The quantitative estimate of drug-likeness (QED) is 0.459. The summed E-state index contributed by atoms with van der Waals surface area (Å²) in [5.41, 5.74) is 0.692. The van der Waals surface area contributed by atoms with E-state index in [4.69, 9.17) is 9.47 Å². The smallest absolute Gasteiger partial charge is 0.263 e. The molecule has 2 aliphatic rings. The predicted octanol–water partition coefficient (Wildman–Crippen LogP) is 0.838. The minimum absolute atomic E-state index is 0.0703. The Morgan fingerprint density at radius 2 is 1.86 bits per heavy atom. The largest absolute Gasteiger partial charge is 0.342 e. The van der Waals surface area contributed by atoms with Crippen molar-refractivity contribution in [2.24, 2.45) is 0 Å². The molecule has 0 bridgehead atoms. The number of carbonyl (C=O) groups excluding carboxylic acids is 4. The Bertz CT molecular complexity index is 892. The Labute approximate surface area is 162 Å². The van der Waals surface area contributed by atoms with Gasteiger partial charge in [0.15, 0.2) is 0 Å². The molecule has 8 nitrogen and oxygen atoms in total. The first kappa shape index (κ1) is 19.7. The first-order chi connectivity index (χ1) is 13.5. The lowest BCUT2D eigenvalue weighted by Gasteiger charge is -2.27.